The maximum absolute atomic E-state index is 13.7. The Morgan fingerprint density at radius 2 is 0.900 bits per heavy atom. The van der Waals surface area contributed by atoms with Crippen molar-refractivity contribution in [1.29, 1.82) is 0 Å². The summed E-state index contributed by atoms with van der Waals surface area (Å²) in [4.78, 5) is 29.4. The third kappa shape index (κ3) is 26.4. The number of rotatable bonds is 39. The molecule has 0 aliphatic carbocycles. The van der Waals surface area contributed by atoms with Gasteiger partial charge < -0.3 is 19.8 Å². The zero-order valence-corrected chi connectivity index (χ0v) is 33.6. The number of aliphatic hydroxyl groups is 2. The maximum atomic E-state index is 13.7. The highest BCUT2D eigenvalue weighted by Crippen LogP contribution is 2.27. The first-order valence-electron chi connectivity index (χ1n) is 21.3. The van der Waals surface area contributed by atoms with Gasteiger partial charge >= 0.3 is 0 Å². The fourth-order valence-corrected chi connectivity index (χ4v) is 6.61. The van der Waals surface area contributed by atoms with E-state index in [9.17, 15) is 19.8 Å². The first-order chi connectivity index (χ1) is 24.4. The smallest absolute Gasteiger partial charge is 0.212 e. The van der Waals surface area contributed by atoms with Crippen LogP contribution in [0, 0.1) is 0 Å². The maximum Gasteiger partial charge on any atom is 0.212 e. The minimum Gasteiger partial charge on any atom is -0.394 e. The first kappa shape index (κ1) is 48.7. The predicted molar refractivity (Wildman–Crippen MR) is 214 cm³/mol. The Labute approximate surface area is 310 Å². The number of allylic oxidation sites excluding steroid dienone is 4. The van der Waals surface area contributed by atoms with Gasteiger partial charge in [0.15, 0.2) is 11.6 Å². The summed E-state index contributed by atoms with van der Waals surface area (Å²) in [5.41, 5.74) is -1.97. The van der Waals surface area contributed by atoms with Gasteiger partial charge in [-0.15, -0.1) is 0 Å². The van der Waals surface area contributed by atoms with Gasteiger partial charge in [0.2, 0.25) is 5.60 Å². The van der Waals surface area contributed by atoms with E-state index in [1.807, 2.05) is 19.0 Å². The molecule has 0 amide bonds. The van der Waals surface area contributed by atoms with E-state index in [-0.39, 0.29) is 31.0 Å². The highest BCUT2D eigenvalue weighted by Gasteiger charge is 2.51. The molecule has 0 aromatic rings. The van der Waals surface area contributed by atoms with Crippen molar-refractivity contribution in [2.24, 2.45) is 0 Å². The number of ketones is 2. The second kappa shape index (κ2) is 36.0. The van der Waals surface area contributed by atoms with Crippen LogP contribution >= 0.6 is 0 Å². The second-order valence-corrected chi connectivity index (χ2v) is 15.0. The van der Waals surface area contributed by atoms with E-state index >= 15 is 0 Å². The monoisotopic (exact) mass is 706 g/mol. The third-order valence-electron chi connectivity index (χ3n) is 9.88. The molecule has 6 nitrogen and oxygen atoms in total. The van der Waals surface area contributed by atoms with Gasteiger partial charge in [0.05, 0.1) is 6.61 Å². The van der Waals surface area contributed by atoms with Crippen molar-refractivity contribution in [3.63, 3.8) is 0 Å². The van der Waals surface area contributed by atoms with E-state index in [0.29, 0.717) is 19.3 Å². The minimum absolute atomic E-state index is 0.182. The molecule has 1 atom stereocenters. The summed E-state index contributed by atoms with van der Waals surface area (Å²) in [7, 11) is 3.93. The van der Waals surface area contributed by atoms with Crippen LogP contribution in [0.5, 0.6) is 0 Å². The van der Waals surface area contributed by atoms with Crippen molar-refractivity contribution in [2.45, 2.75) is 212 Å². The van der Waals surface area contributed by atoms with Gasteiger partial charge in [-0.2, -0.15) is 0 Å². The summed E-state index contributed by atoms with van der Waals surface area (Å²) in [6, 6.07) is 0. The topological polar surface area (TPSA) is 87.1 Å². The number of unbranched alkanes of at least 4 members (excludes halogenated alkanes) is 22. The quantitative estimate of drug-likeness (QED) is 0.0376. The lowest BCUT2D eigenvalue weighted by Crippen LogP contribution is -2.59. The van der Waals surface area contributed by atoms with E-state index in [4.69, 9.17) is 4.74 Å². The predicted octanol–water partition coefficient (Wildman–Crippen LogP) is 11.3. The standard InChI is InChI=1S/C44H83NO5/c1-5-7-9-11-13-15-17-19-21-23-25-27-29-31-33-36-41(47)44(43(49)40-46,50-39-35-38-45(3)4)42(48)37-34-32-30-28-26-24-22-20-18-16-14-12-10-8-6-2/h19-22,43,46,49H,5-18,23-40H2,1-4H3. The van der Waals surface area contributed by atoms with Crippen molar-refractivity contribution < 1.29 is 24.5 Å². The van der Waals surface area contributed by atoms with Crippen LogP contribution in [0.2, 0.25) is 0 Å². The summed E-state index contributed by atoms with van der Waals surface area (Å²) in [6.07, 6.45) is 39.1. The molecule has 1 unspecified atom stereocenters. The first-order valence-corrected chi connectivity index (χ1v) is 21.3. The van der Waals surface area contributed by atoms with Crippen molar-refractivity contribution in [3.05, 3.63) is 24.3 Å². The van der Waals surface area contributed by atoms with Crippen molar-refractivity contribution in [1.82, 2.24) is 4.90 Å². The molecule has 0 heterocycles. The Bertz CT molecular complexity index is 771. The molecule has 50 heavy (non-hydrogen) atoms. The van der Waals surface area contributed by atoms with E-state index in [2.05, 4.69) is 38.2 Å². The van der Waals surface area contributed by atoms with Gasteiger partial charge in [-0.1, -0.05) is 141 Å². The number of aliphatic hydroxyl groups excluding tert-OH is 2. The number of nitrogens with zero attached hydrogens (tertiary/aromatic N) is 1. The molecule has 0 saturated carbocycles. The van der Waals surface area contributed by atoms with Crippen LogP contribution in [-0.4, -0.2) is 72.2 Å². The van der Waals surface area contributed by atoms with Gasteiger partial charge in [0, 0.05) is 19.4 Å². The van der Waals surface area contributed by atoms with E-state index in [1.54, 1.807) is 0 Å². The zero-order chi connectivity index (χ0) is 37.0. The number of Topliss-reactive ketones (excluding diaryl/α,β-unsaturated/α-hetero) is 2. The van der Waals surface area contributed by atoms with Crippen LogP contribution in [-0.2, 0) is 14.3 Å². The van der Waals surface area contributed by atoms with Crippen LogP contribution in [0.4, 0.5) is 0 Å². The molecule has 0 aliphatic rings. The van der Waals surface area contributed by atoms with E-state index in [0.717, 1.165) is 70.8 Å². The lowest BCUT2D eigenvalue weighted by atomic mass is 9.82. The van der Waals surface area contributed by atoms with Gasteiger partial charge in [-0.3, -0.25) is 9.59 Å². The molecule has 0 bridgehead atoms. The Morgan fingerprint density at radius 3 is 1.24 bits per heavy atom. The molecular formula is C44H83NO5. The average molecular weight is 706 g/mol. The molecule has 0 rings (SSSR count). The summed E-state index contributed by atoms with van der Waals surface area (Å²) in [5.74, 6) is -0.751. The molecule has 294 valence electrons. The zero-order valence-electron chi connectivity index (χ0n) is 33.6. The van der Waals surface area contributed by atoms with Gasteiger partial charge in [0.25, 0.3) is 0 Å². The van der Waals surface area contributed by atoms with Crippen molar-refractivity contribution in [3.8, 4) is 0 Å². The van der Waals surface area contributed by atoms with Gasteiger partial charge in [-0.05, 0) is 91.3 Å². The van der Waals surface area contributed by atoms with Crippen molar-refractivity contribution >= 4 is 11.6 Å². The average Bonchev–Trinajstić information content (AvgIpc) is 3.11. The molecule has 0 spiro atoms. The molecule has 0 aromatic carbocycles. The van der Waals surface area contributed by atoms with Crippen LogP contribution in [0.1, 0.15) is 200 Å². The molecule has 0 aromatic heterocycles. The number of hydrogen-bond acceptors (Lipinski definition) is 6. The molecular weight excluding hydrogens is 622 g/mol. The van der Waals surface area contributed by atoms with Crippen LogP contribution in [0.25, 0.3) is 0 Å². The fraction of sp³-hybridized carbons (Fsp3) is 0.864. The SMILES string of the molecule is CCCCCCCCC=CCCCCCCCC(=O)C(OCCCN(C)C)(C(=O)CCCCCCCC=CCCCCCCCC)C(O)CO. The molecule has 0 saturated heterocycles. The minimum atomic E-state index is -1.97. The summed E-state index contributed by atoms with van der Waals surface area (Å²) < 4.78 is 6.05. The third-order valence-corrected chi connectivity index (χ3v) is 9.88. The van der Waals surface area contributed by atoms with Gasteiger partial charge in [-0.25, -0.2) is 0 Å². The van der Waals surface area contributed by atoms with Crippen LogP contribution < -0.4 is 0 Å². The number of ether oxygens (including phenoxy) is 1. The normalized spacial score (nSPS) is 13.9. The lowest BCUT2D eigenvalue weighted by molar-refractivity contribution is -0.178. The Balaban J connectivity index is 4.62. The summed E-state index contributed by atoms with van der Waals surface area (Å²) >= 11 is 0. The van der Waals surface area contributed by atoms with Crippen LogP contribution in [0.15, 0.2) is 24.3 Å². The highest BCUT2D eigenvalue weighted by atomic mass is 16.5. The molecule has 0 radical (unpaired) electrons. The second-order valence-electron chi connectivity index (χ2n) is 15.0. The molecule has 0 fully saturated rings. The van der Waals surface area contributed by atoms with E-state index < -0.39 is 18.3 Å². The summed E-state index contributed by atoms with van der Waals surface area (Å²) in [6.45, 7) is 4.77. The number of hydrogen-bond donors (Lipinski definition) is 2. The number of carbonyl (C=O) groups is 2. The largest absolute Gasteiger partial charge is 0.394 e. The van der Waals surface area contributed by atoms with E-state index in [1.165, 1.54) is 89.9 Å². The Morgan fingerprint density at radius 1 is 0.560 bits per heavy atom. The molecule has 2 N–H and O–H groups in total. The van der Waals surface area contributed by atoms with Gasteiger partial charge in [0.1, 0.15) is 6.10 Å². The lowest BCUT2D eigenvalue weighted by Gasteiger charge is -2.35. The highest BCUT2D eigenvalue weighted by molar-refractivity contribution is 6.11. The van der Waals surface area contributed by atoms with Crippen molar-refractivity contribution in [2.75, 3.05) is 33.9 Å². The Hall–Kier alpha value is -1.34. The Kier molecular flexibility index (Phi) is 35.1. The molecule has 6 heteroatoms. The molecule has 0 aliphatic heterocycles. The van der Waals surface area contributed by atoms with Crippen LogP contribution in [0.3, 0.4) is 0 Å². The number of carbonyl (C=O) groups excluding carboxylic acids is 2. The summed E-state index contributed by atoms with van der Waals surface area (Å²) in [5, 5.41) is 20.9. The fourth-order valence-electron chi connectivity index (χ4n) is 6.61.